The van der Waals surface area contributed by atoms with Crippen molar-refractivity contribution in [2.75, 3.05) is 13.6 Å². The highest BCUT2D eigenvalue weighted by molar-refractivity contribution is 5.94. The van der Waals surface area contributed by atoms with Crippen molar-refractivity contribution < 1.29 is 18.0 Å². The van der Waals surface area contributed by atoms with Gasteiger partial charge in [0.15, 0.2) is 0 Å². The van der Waals surface area contributed by atoms with Crippen LogP contribution in [0, 0.1) is 0 Å². The summed E-state index contributed by atoms with van der Waals surface area (Å²) in [5.74, 6) is -0.258. The molecule has 0 atom stereocenters. The average Bonchev–Trinajstić information content (AvgIpc) is 2.88. The van der Waals surface area contributed by atoms with Crippen LogP contribution in [0.2, 0.25) is 0 Å². The fraction of sp³-hybridized carbons (Fsp3) is 0.500. The fourth-order valence-corrected chi connectivity index (χ4v) is 3.22. The maximum atomic E-state index is 12.9. The van der Waals surface area contributed by atoms with Gasteiger partial charge in [-0.2, -0.15) is 13.2 Å². The Labute approximate surface area is 162 Å². The number of carbonyl (C=O) groups excluding carboxylic acids is 1. The zero-order valence-corrected chi connectivity index (χ0v) is 16.3. The molecule has 0 N–H and O–H groups in total. The number of halogens is 3. The average molecular weight is 394 g/mol. The second-order valence-electron chi connectivity index (χ2n) is 7.50. The molecule has 1 aromatic carbocycles. The molecule has 0 saturated heterocycles. The molecule has 0 unspecified atom stereocenters. The summed E-state index contributed by atoms with van der Waals surface area (Å²) in [5.41, 5.74) is 1.44. The lowest BCUT2D eigenvalue weighted by Crippen LogP contribution is -2.32. The summed E-state index contributed by atoms with van der Waals surface area (Å²) < 4.78 is 40.3. The van der Waals surface area contributed by atoms with Crippen LogP contribution in [0.5, 0.6) is 0 Å². The number of nitrogens with zero attached hydrogens (tertiary/aromatic N) is 4. The van der Waals surface area contributed by atoms with Gasteiger partial charge in [0.1, 0.15) is 0 Å². The van der Waals surface area contributed by atoms with Crippen LogP contribution >= 0.6 is 0 Å². The second kappa shape index (κ2) is 7.95. The normalized spacial score (nSPS) is 15.1. The molecule has 0 spiro atoms. The second-order valence-corrected chi connectivity index (χ2v) is 7.50. The lowest BCUT2D eigenvalue weighted by atomic mass is 10.1. The number of rotatable bonds is 4. The van der Waals surface area contributed by atoms with Gasteiger partial charge in [0, 0.05) is 31.2 Å². The van der Waals surface area contributed by atoms with E-state index in [-0.39, 0.29) is 11.5 Å². The van der Waals surface area contributed by atoms with Gasteiger partial charge in [-0.05, 0) is 51.6 Å². The van der Waals surface area contributed by atoms with Gasteiger partial charge in [-0.3, -0.25) is 9.69 Å². The standard InChI is InChI=1S/C20H25F3N4O/c1-14(2)25(3)11-17-18-12-26(9-4-10-27(18)13-24-17)19(28)15-5-7-16(8-6-15)20(21,22)23/h5-8,13-14H,4,9-12H2,1-3H3. The minimum absolute atomic E-state index is 0.258. The molecular weight excluding hydrogens is 369 g/mol. The van der Waals surface area contributed by atoms with Crippen molar-refractivity contribution in [3.8, 4) is 0 Å². The molecular formula is C20H25F3N4O. The molecule has 0 saturated carbocycles. The third-order valence-corrected chi connectivity index (χ3v) is 5.23. The van der Waals surface area contributed by atoms with Gasteiger partial charge in [0.25, 0.3) is 5.91 Å². The molecule has 0 fully saturated rings. The quantitative estimate of drug-likeness (QED) is 0.792. The van der Waals surface area contributed by atoms with Crippen LogP contribution in [0.4, 0.5) is 13.2 Å². The molecule has 1 amide bonds. The first-order valence-corrected chi connectivity index (χ1v) is 9.36. The van der Waals surface area contributed by atoms with Crippen molar-refractivity contribution in [1.29, 1.82) is 0 Å². The van der Waals surface area contributed by atoms with Crippen LogP contribution in [-0.4, -0.2) is 44.9 Å². The Morgan fingerprint density at radius 2 is 1.89 bits per heavy atom. The van der Waals surface area contributed by atoms with Gasteiger partial charge >= 0.3 is 6.18 Å². The molecule has 8 heteroatoms. The smallest absolute Gasteiger partial charge is 0.333 e. The third kappa shape index (κ3) is 4.38. The molecule has 1 aliphatic rings. The van der Waals surface area contributed by atoms with Gasteiger partial charge in [0.2, 0.25) is 0 Å². The van der Waals surface area contributed by atoms with E-state index in [0.29, 0.717) is 25.7 Å². The Morgan fingerprint density at radius 3 is 2.50 bits per heavy atom. The van der Waals surface area contributed by atoms with Crippen LogP contribution in [0.15, 0.2) is 30.6 Å². The van der Waals surface area contributed by atoms with E-state index in [2.05, 4.69) is 28.3 Å². The van der Waals surface area contributed by atoms with Crippen molar-refractivity contribution in [3.05, 3.63) is 53.1 Å². The van der Waals surface area contributed by atoms with E-state index in [9.17, 15) is 18.0 Å². The first kappa shape index (κ1) is 20.4. The number of fused-ring (bicyclic) bond motifs is 1. The SMILES string of the molecule is CC(C)N(C)Cc1ncn2c1CN(C(=O)c1ccc(C(F)(F)F)cc1)CCC2. The van der Waals surface area contributed by atoms with Crippen molar-refractivity contribution >= 4 is 5.91 Å². The van der Waals surface area contributed by atoms with E-state index in [4.69, 9.17) is 0 Å². The molecule has 152 valence electrons. The van der Waals surface area contributed by atoms with Crippen molar-refractivity contribution in [1.82, 2.24) is 19.4 Å². The monoisotopic (exact) mass is 394 g/mol. The van der Waals surface area contributed by atoms with Gasteiger partial charge in [-0.15, -0.1) is 0 Å². The summed E-state index contributed by atoms with van der Waals surface area (Å²) in [4.78, 5) is 21.3. The fourth-order valence-electron chi connectivity index (χ4n) is 3.22. The largest absolute Gasteiger partial charge is 0.416 e. The van der Waals surface area contributed by atoms with Crippen LogP contribution in [-0.2, 0) is 25.8 Å². The topological polar surface area (TPSA) is 41.4 Å². The highest BCUT2D eigenvalue weighted by Crippen LogP contribution is 2.29. The molecule has 0 aliphatic carbocycles. The van der Waals surface area contributed by atoms with Crippen LogP contribution in [0.3, 0.4) is 0 Å². The minimum Gasteiger partial charge on any atom is -0.333 e. The Balaban J connectivity index is 1.79. The number of hydrogen-bond donors (Lipinski definition) is 0. The van der Waals surface area contributed by atoms with E-state index >= 15 is 0 Å². The summed E-state index contributed by atoms with van der Waals surface area (Å²) >= 11 is 0. The molecule has 1 aliphatic heterocycles. The molecule has 5 nitrogen and oxygen atoms in total. The van der Waals surface area contributed by atoms with E-state index < -0.39 is 11.7 Å². The van der Waals surface area contributed by atoms with E-state index in [1.807, 2.05) is 13.4 Å². The van der Waals surface area contributed by atoms with E-state index in [1.165, 1.54) is 12.1 Å². The maximum Gasteiger partial charge on any atom is 0.416 e. The van der Waals surface area contributed by atoms with Crippen molar-refractivity contribution in [2.45, 2.75) is 52.1 Å². The number of hydrogen-bond acceptors (Lipinski definition) is 3. The molecule has 28 heavy (non-hydrogen) atoms. The van der Waals surface area contributed by atoms with Gasteiger partial charge in [-0.1, -0.05) is 0 Å². The van der Waals surface area contributed by atoms with Crippen LogP contribution in [0.25, 0.3) is 0 Å². The zero-order chi connectivity index (χ0) is 20.5. The summed E-state index contributed by atoms with van der Waals surface area (Å²) in [6.07, 6.45) is -1.83. The Bertz CT molecular complexity index is 827. The highest BCUT2D eigenvalue weighted by Gasteiger charge is 2.31. The number of aromatic nitrogens is 2. The summed E-state index contributed by atoms with van der Waals surface area (Å²) in [7, 11) is 2.03. The molecule has 0 radical (unpaired) electrons. The van der Waals surface area contributed by atoms with Gasteiger partial charge in [0.05, 0.1) is 29.8 Å². The summed E-state index contributed by atoms with van der Waals surface area (Å²) in [5, 5.41) is 0. The highest BCUT2D eigenvalue weighted by atomic mass is 19.4. The molecule has 2 heterocycles. The first-order chi connectivity index (χ1) is 13.2. The predicted octanol–water partition coefficient (Wildman–Crippen LogP) is 3.79. The first-order valence-electron chi connectivity index (χ1n) is 9.36. The number of carbonyl (C=O) groups is 1. The van der Waals surface area contributed by atoms with Gasteiger partial charge < -0.3 is 9.47 Å². The van der Waals surface area contributed by atoms with Crippen LogP contribution in [0.1, 0.15) is 47.6 Å². The number of alkyl halides is 3. The Hall–Kier alpha value is -2.35. The zero-order valence-electron chi connectivity index (χ0n) is 16.3. The van der Waals surface area contributed by atoms with E-state index in [0.717, 1.165) is 36.5 Å². The Kier molecular flexibility index (Phi) is 5.79. The lowest BCUT2D eigenvalue weighted by Gasteiger charge is -2.23. The number of amides is 1. The minimum atomic E-state index is -4.41. The van der Waals surface area contributed by atoms with Crippen molar-refractivity contribution in [3.63, 3.8) is 0 Å². The number of benzene rings is 1. The Morgan fingerprint density at radius 1 is 1.21 bits per heavy atom. The third-order valence-electron chi connectivity index (χ3n) is 5.23. The maximum absolute atomic E-state index is 12.9. The molecule has 0 bridgehead atoms. The lowest BCUT2D eigenvalue weighted by molar-refractivity contribution is -0.137. The molecule has 2 aromatic rings. The van der Waals surface area contributed by atoms with Gasteiger partial charge in [-0.25, -0.2) is 4.98 Å². The van der Waals surface area contributed by atoms with E-state index in [1.54, 1.807) is 4.90 Å². The van der Waals surface area contributed by atoms with Crippen molar-refractivity contribution in [2.24, 2.45) is 0 Å². The number of aryl methyl sites for hydroxylation is 1. The molecule has 3 rings (SSSR count). The van der Waals surface area contributed by atoms with Crippen LogP contribution < -0.4 is 0 Å². The summed E-state index contributed by atoms with van der Waals surface area (Å²) in [6, 6.07) is 4.78. The summed E-state index contributed by atoms with van der Waals surface area (Å²) in [6.45, 7) is 6.62. The number of imidazole rings is 1. The molecule has 1 aromatic heterocycles. The predicted molar refractivity (Wildman–Crippen MR) is 99.6 cm³/mol.